The van der Waals surface area contributed by atoms with Gasteiger partial charge in [-0.25, -0.2) is 0 Å². The maximum absolute atomic E-state index is 11.6. The van der Waals surface area contributed by atoms with E-state index in [-0.39, 0.29) is 11.6 Å². The molecular weight excluding hydrogens is 224 g/mol. The SMILES string of the molecule is Cc1cc(C)c(C2C(=O)C=CC2=O)c(Cl)c1. The molecule has 82 valence electrons. The topological polar surface area (TPSA) is 34.1 Å². The Hall–Kier alpha value is -1.41. The second-order valence-corrected chi connectivity index (χ2v) is 4.46. The van der Waals surface area contributed by atoms with E-state index in [1.807, 2.05) is 19.9 Å². The van der Waals surface area contributed by atoms with Crippen LogP contribution in [-0.4, -0.2) is 11.6 Å². The van der Waals surface area contributed by atoms with Gasteiger partial charge in [-0.1, -0.05) is 17.7 Å². The van der Waals surface area contributed by atoms with Gasteiger partial charge in [0, 0.05) is 5.02 Å². The number of hydrogen-bond acceptors (Lipinski definition) is 2. The summed E-state index contributed by atoms with van der Waals surface area (Å²) in [5.41, 5.74) is 2.56. The van der Waals surface area contributed by atoms with Gasteiger partial charge in [0.2, 0.25) is 0 Å². The summed E-state index contributed by atoms with van der Waals surface area (Å²) in [4.78, 5) is 23.2. The molecule has 0 bridgehead atoms. The molecule has 2 rings (SSSR count). The van der Waals surface area contributed by atoms with E-state index in [2.05, 4.69) is 0 Å². The van der Waals surface area contributed by atoms with Crippen molar-refractivity contribution in [2.75, 3.05) is 0 Å². The number of halogens is 1. The van der Waals surface area contributed by atoms with Crippen molar-refractivity contribution in [3.63, 3.8) is 0 Å². The molecule has 0 amide bonds. The molecular formula is C13H11ClO2. The van der Waals surface area contributed by atoms with E-state index in [4.69, 9.17) is 11.6 Å². The molecule has 0 unspecified atom stereocenters. The number of benzene rings is 1. The standard InChI is InChI=1S/C13H11ClO2/c1-7-5-8(2)12(9(14)6-7)13-10(15)3-4-11(13)16/h3-6,13H,1-2H3. The number of aryl methyl sites for hydroxylation is 2. The lowest BCUT2D eigenvalue weighted by Gasteiger charge is -2.14. The first-order valence-corrected chi connectivity index (χ1v) is 5.41. The number of allylic oxidation sites excluding steroid dienone is 2. The summed E-state index contributed by atoms with van der Waals surface area (Å²) in [6, 6.07) is 3.71. The number of rotatable bonds is 1. The summed E-state index contributed by atoms with van der Waals surface area (Å²) in [6.07, 6.45) is 2.64. The minimum absolute atomic E-state index is 0.182. The van der Waals surface area contributed by atoms with Crippen molar-refractivity contribution in [2.45, 2.75) is 19.8 Å². The van der Waals surface area contributed by atoms with E-state index in [1.165, 1.54) is 12.2 Å². The molecule has 0 fully saturated rings. The Balaban J connectivity index is 2.57. The van der Waals surface area contributed by atoms with Crippen LogP contribution in [0.3, 0.4) is 0 Å². The Labute approximate surface area is 98.9 Å². The van der Waals surface area contributed by atoms with Gasteiger partial charge in [0.15, 0.2) is 11.6 Å². The molecule has 0 spiro atoms. The molecule has 1 aromatic rings. The zero-order valence-corrected chi connectivity index (χ0v) is 9.84. The predicted octanol–water partition coefficient (Wildman–Crippen LogP) is 2.75. The van der Waals surface area contributed by atoms with Crippen molar-refractivity contribution in [1.82, 2.24) is 0 Å². The van der Waals surface area contributed by atoms with Crippen LogP contribution in [0.5, 0.6) is 0 Å². The fourth-order valence-electron chi connectivity index (χ4n) is 2.07. The Kier molecular flexibility index (Phi) is 2.68. The van der Waals surface area contributed by atoms with Crippen LogP contribution in [0.25, 0.3) is 0 Å². The van der Waals surface area contributed by atoms with Crippen LogP contribution in [0.2, 0.25) is 5.02 Å². The van der Waals surface area contributed by atoms with E-state index >= 15 is 0 Å². The third kappa shape index (κ3) is 1.69. The molecule has 0 N–H and O–H groups in total. The molecule has 2 nitrogen and oxygen atoms in total. The number of carbonyl (C=O) groups excluding carboxylic acids is 2. The smallest absolute Gasteiger partial charge is 0.171 e. The van der Waals surface area contributed by atoms with Gasteiger partial charge in [-0.3, -0.25) is 9.59 Å². The van der Waals surface area contributed by atoms with Crippen molar-refractivity contribution in [3.05, 3.63) is 46.0 Å². The van der Waals surface area contributed by atoms with Gasteiger partial charge in [0.25, 0.3) is 0 Å². The second kappa shape index (κ2) is 3.87. The molecule has 0 saturated heterocycles. The van der Waals surface area contributed by atoms with E-state index in [0.717, 1.165) is 11.1 Å². The van der Waals surface area contributed by atoms with Crippen LogP contribution in [0.1, 0.15) is 22.6 Å². The van der Waals surface area contributed by atoms with Gasteiger partial charge < -0.3 is 0 Å². The predicted molar refractivity (Wildman–Crippen MR) is 62.8 cm³/mol. The largest absolute Gasteiger partial charge is 0.294 e. The van der Waals surface area contributed by atoms with Crippen molar-refractivity contribution in [3.8, 4) is 0 Å². The molecule has 1 aliphatic rings. The molecule has 0 aromatic heterocycles. The van der Waals surface area contributed by atoms with Gasteiger partial charge in [0.1, 0.15) is 5.92 Å². The van der Waals surface area contributed by atoms with Crippen LogP contribution in [0.15, 0.2) is 24.3 Å². The van der Waals surface area contributed by atoms with Crippen LogP contribution < -0.4 is 0 Å². The van der Waals surface area contributed by atoms with Crippen molar-refractivity contribution in [2.24, 2.45) is 0 Å². The summed E-state index contributed by atoms with van der Waals surface area (Å²) >= 11 is 6.11. The number of carbonyl (C=O) groups is 2. The first-order chi connectivity index (χ1) is 7.50. The molecule has 1 aromatic carbocycles. The highest BCUT2D eigenvalue weighted by molar-refractivity contribution is 6.33. The lowest BCUT2D eigenvalue weighted by atomic mass is 9.90. The average Bonchev–Trinajstić information content (AvgIpc) is 2.47. The fourth-order valence-corrected chi connectivity index (χ4v) is 2.50. The summed E-state index contributed by atoms with van der Waals surface area (Å²) in [5.74, 6) is -1.09. The summed E-state index contributed by atoms with van der Waals surface area (Å²) < 4.78 is 0. The first-order valence-electron chi connectivity index (χ1n) is 5.03. The van der Waals surface area contributed by atoms with Gasteiger partial charge in [-0.15, -0.1) is 0 Å². The van der Waals surface area contributed by atoms with Crippen molar-refractivity contribution in [1.29, 1.82) is 0 Å². The number of ketones is 2. The summed E-state index contributed by atoms with van der Waals surface area (Å²) in [6.45, 7) is 3.80. The van der Waals surface area contributed by atoms with Crippen LogP contribution in [0, 0.1) is 13.8 Å². The monoisotopic (exact) mass is 234 g/mol. The second-order valence-electron chi connectivity index (χ2n) is 4.05. The van der Waals surface area contributed by atoms with Crippen LogP contribution >= 0.6 is 11.6 Å². The average molecular weight is 235 g/mol. The van der Waals surface area contributed by atoms with Gasteiger partial charge in [-0.2, -0.15) is 0 Å². The molecule has 0 aliphatic heterocycles. The maximum atomic E-state index is 11.6. The molecule has 0 radical (unpaired) electrons. The molecule has 0 saturated carbocycles. The zero-order chi connectivity index (χ0) is 11.9. The van der Waals surface area contributed by atoms with E-state index in [9.17, 15) is 9.59 Å². The molecule has 0 heterocycles. The highest BCUT2D eigenvalue weighted by Gasteiger charge is 2.32. The molecule has 16 heavy (non-hydrogen) atoms. The van der Waals surface area contributed by atoms with E-state index in [0.29, 0.717) is 10.6 Å². The highest BCUT2D eigenvalue weighted by Crippen LogP contribution is 2.33. The Morgan fingerprint density at radius 1 is 1.06 bits per heavy atom. The highest BCUT2D eigenvalue weighted by atomic mass is 35.5. The number of hydrogen-bond donors (Lipinski definition) is 0. The third-order valence-electron chi connectivity index (χ3n) is 2.75. The van der Waals surface area contributed by atoms with Crippen LogP contribution in [0.4, 0.5) is 0 Å². The van der Waals surface area contributed by atoms with E-state index < -0.39 is 5.92 Å². The molecule has 0 atom stereocenters. The normalized spacial score (nSPS) is 16.2. The van der Waals surface area contributed by atoms with Crippen molar-refractivity contribution < 1.29 is 9.59 Å². The quantitative estimate of drug-likeness (QED) is 0.701. The van der Waals surface area contributed by atoms with Crippen molar-refractivity contribution >= 4 is 23.2 Å². The summed E-state index contributed by atoms with van der Waals surface area (Å²) in [5, 5.41) is 0.493. The molecule has 3 heteroatoms. The maximum Gasteiger partial charge on any atom is 0.171 e. The van der Waals surface area contributed by atoms with Gasteiger partial charge in [-0.05, 0) is 48.8 Å². The van der Waals surface area contributed by atoms with Crippen LogP contribution in [-0.2, 0) is 9.59 Å². The Morgan fingerprint density at radius 2 is 1.62 bits per heavy atom. The Morgan fingerprint density at radius 3 is 2.12 bits per heavy atom. The third-order valence-corrected chi connectivity index (χ3v) is 3.06. The fraction of sp³-hybridized carbons (Fsp3) is 0.231. The van der Waals surface area contributed by atoms with Gasteiger partial charge >= 0.3 is 0 Å². The van der Waals surface area contributed by atoms with Gasteiger partial charge in [0.05, 0.1) is 0 Å². The minimum atomic E-state index is -0.729. The lowest BCUT2D eigenvalue weighted by Crippen LogP contribution is -2.15. The first kappa shape index (κ1) is 11.1. The Bertz CT molecular complexity index is 474. The van der Waals surface area contributed by atoms with E-state index in [1.54, 1.807) is 6.07 Å². The lowest BCUT2D eigenvalue weighted by molar-refractivity contribution is -0.122. The minimum Gasteiger partial charge on any atom is -0.294 e. The molecule has 1 aliphatic carbocycles. The summed E-state index contributed by atoms with van der Waals surface area (Å²) in [7, 11) is 0. The zero-order valence-electron chi connectivity index (χ0n) is 9.08.